The van der Waals surface area contributed by atoms with E-state index in [-0.39, 0.29) is 19.3 Å². The lowest BCUT2D eigenvalue weighted by Gasteiger charge is -2.15. The highest BCUT2D eigenvalue weighted by Gasteiger charge is 2.09. The first kappa shape index (κ1) is 18.7. The standard InChI is InChI=1S/C15H23N3O5/c1-3-11(10-19)16-14(20)17-12-5-4-6-13(9-12)18-15(21)23-8-7-22-2/h4-6,9,11,19H,3,7-8,10H2,1-2H3,(H,18,21)(H2,16,17,20)/t11-/m1/s1. The topological polar surface area (TPSA) is 109 Å². The van der Waals surface area contributed by atoms with Gasteiger partial charge in [0, 0.05) is 18.5 Å². The van der Waals surface area contributed by atoms with Gasteiger partial charge in [-0.1, -0.05) is 13.0 Å². The first-order valence-corrected chi connectivity index (χ1v) is 7.30. The molecule has 0 aliphatic rings. The van der Waals surface area contributed by atoms with Crippen LogP contribution in [0.5, 0.6) is 0 Å². The van der Waals surface area contributed by atoms with Crippen LogP contribution in [0.1, 0.15) is 13.3 Å². The van der Waals surface area contributed by atoms with E-state index >= 15 is 0 Å². The predicted octanol–water partition coefficient (Wildman–Crippen LogP) is 1.77. The van der Waals surface area contributed by atoms with Crippen molar-refractivity contribution < 1.29 is 24.2 Å². The molecular formula is C15H23N3O5. The fourth-order valence-corrected chi connectivity index (χ4v) is 1.68. The largest absolute Gasteiger partial charge is 0.447 e. The number of carbonyl (C=O) groups is 2. The molecule has 8 nitrogen and oxygen atoms in total. The van der Waals surface area contributed by atoms with Crippen LogP contribution >= 0.6 is 0 Å². The van der Waals surface area contributed by atoms with Crippen molar-refractivity contribution in [1.29, 1.82) is 0 Å². The van der Waals surface area contributed by atoms with Crippen molar-refractivity contribution in [2.24, 2.45) is 0 Å². The zero-order chi connectivity index (χ0) is 17.1. The smallest absolute Gasteiger partial charge is 0.411 e. The third kappa shape index (κ3) is 7.48. The van der Waals surface area contributed by atoms with Crippen LogP contribution in [0.15, 0.2) is 24.3 Å². The van der Waals surface area contributed by atoms with E-state index in [0.717, 1.165) is 0 Å². The van der Waals surface area contributed by atoms with E-state index in [1.165, 1.54) is 7.11 Å². The highest BCUT2D eigenvalue weighted by atomic mass is 16.6. The van der Waals surface area contributed by atoms with E-state index in [0.29, 0.717) is 24.4 Å². The molecule has 1 atom stereocenters. The van der Waals surface area contributed by atoms with Gasteiger partial charge >= 0.3 is 12.1 Å². The summed E-state index contributed by atoms with van der Waals surface area (Å²) < 4.78 is 9.66. The highest BCUT2D eigenvalue weighted by molar-refractivity contribution is 5.91. The van der Waals surface area contributed by atoms with Crippen molar-refractivity contribution >= 4 is 23.5 Å². The number of aliphatic hydroxyl groups excluding tert-OH is 1. The van der Waals surface area contributed by atoms with E-state index in [1.807, 2.05) is 6.92 Å². The van der Waals surface area contributed by atoms with E-state index < -0.39 is 12.1 Å². The Kier molecular flexibility index (Phi) is 8.48. The van der Waals surface area contributed by atoms with Crippen LogP contribution in [0, 0.1) is 0 Å². The van der Waals surface area contributed by atoms with Crippen molar-refractivity contribution in [2.45, 2.75) is 19.4 Å². The second kappa shape index (κ2) is 10.4. The van der Waals surface area contributed by atoms with Gasteiger partial charge in [0.25, 0.3) is 0 Å². The van der Waals surface area contributed by atoms with E-state index in [9.17, 15) is 9.59 Å². The predicted molar refractivity (Wildman–Crippen MR) is 86.6 cm³/mol. The average molecular weight is 325 g/mol. The monoisotopic (exact) mass is 325 g/mol. The summed E-state index contributed by atoms with van der Waals surface area (Å²) in [7, 11) is 1.52. The first-order valence-electron chi connectivity index (χ1n) is 7.30. The summed E-state index contributed by atoms with van der Waals surface area (Å²) in [5.74, 6) is 0. The number of anilines is 2. The quantitative estimate of drug-likeness (QED) is 0.545. The molecule has 0 radical (unpaired) electrons. The van der Waals surface area contributed by atoms with Crippen molar-refractivity contribution in [3.05, 3.63) is 24.3 Å². The summed E-state index contributed by atoms with van der Waals surface area (Å²) in [5.41, 5.74) is 0.990. The Morgan fingerprint density at radius 1 is 1.22 bits per heavy atom. The lowest BCUT2D eigenvalue weighted by Crippen LogP contribution is -2.39. The molecule has 0 saturated heterocycles. The van der Waals surface area contributed by atoms with Crippen LogP contribution in [-0.2, 0) is 9.47 Å². The molecule has 128 valence electrons. The Hall–Kier alpha value is -2.32. The van der Waals surface area contributed by atoms with Gasteiger partial charge in [-0.3, -0.25) is 5.32 Å². The fourth-order valence-electron chi connectivity index (χ4n) is 1.68. The summed E-state index contributed by atoms with van der Waals surface area (Å²) in [4.78, 5) is 23.3. The minimum absolute atomic E-state index is 0.126. The molecule has 23 heavy (non-hydrogen) atoms. The number of ether oxygens (including phenoxy) is 2. The van der Waals surface area contributed by atoms with Crippen LogP contribution in [0.25, 0.3) is 0 Å². The minimum Gasteiger partial charge on any atom is -0.447 e. The Balaban J connectivity index is 2.52. The Bertz CT molecular complexity index is 506. The number of methoxy groups -OCH3 is 1. The van der Waals surface area contributed by atoms with Crippen molar-refractivity contribution in [3.8, 4) is 0 Å². The summed E-state index contributed by atoms with van der Waals surface area (Å²) >= 11 is 0. The van der Waals surface area contributed by atoms with Crippen LogP contribution in [-0.4, -0.2) is 50.2 Å². The summed E-state index contributed by atoms with van der Waals surface area (Å²) in [6, 6.07) is 5.91. The number of aliphatic hydroxyl groups is 1. The molecule has 0 aliphatic carbocycles. The molecule has 1 rings (SSSR count). The van der Waals surface area contributed by atoms with Gasteiger partial charge in [0.1, 0.15) is 6.61 Å². The fraction of sp³-hybridized carbons (Fsp3) is 0.467. The number of urea groups is 1. The second-order valence-corrected chi connectivity index (χ2v) is 4.72. The number of hydrogen-bond donors (Lipinski definition) is 4. The Morgan fingerprint density at radius 2 is 1.91 bits per heavy atom. The SMILES string of the molecule is CC[C@H](CO)NC(=O)Nc1cccc(NC(=O)OCCOC)c1. The molecule has 1 aromatic carbocycles. The van der Waals surface area contributed by atoms with Crippen molar-refractivity contribution in [1.82, 2.24) is 5.32 Å². The maximum absolute atomic E-state index is 11.8. The number of amides is 3. The molecule has 0 bridgehead atoms. The maximum atomic E-state index is 11.8. The molecule has 0 spiro atoms. The van der Waals surface area contributed by atoms with Crippen LogP contribution in [0.4, 0.5) is 21.0 Å². The lowest BCUT2D eigenvalue weighted by molar-refractivity contribution is 0.107. The molecule has 8 heteroatoms. The molecule has 0 unspecified atom stereocenters. The number of hydrogen-bond acceptors (Lipinski definition) is 5. The molecule has 0 aromatic heterocycles. The van der Waals surface area contributed by atoms with Crippen LogP contribution < -0.4 is 16.0 Å². The average Bonchev–Trinajstić information content (AvgIpc) is 2.53. The molecule has 0 saturated carbocycles. The molecule has 0 heterocycles. The molecule has 4 N–H and O–H groups in total. The van der Waals surface area contributed by atoms with Gasteiger partial charge < -0.3 is 25.2 Å². The first-order chi connectivity index (χ1) is 11.1. The van der Waals surface area contributed by atoms with Gasteiger partial charge in [0.15, 0.2) is 0 Å². The van der Waals surface area contributed by atoms with E-state index in [2.05, 4.69) is 16.0 Å². The molecule has 0 fully saturated rings. The third-order valence-corrected chi connectivity index (χ3v) is 2.94. The number of benzene rings is 1. The zero-order valence-electron chi connectivity index (χ0n) is 13.3. The van der Waals surface area contributed by atoms with Crippen molar-refractivity contribution in [2.75, 3.05) is 37.6 Å². The summed E-state index contributed by atoms with van der Waals surface area (Å²) in [5, 5.41) is 16.9. The lowest BCUT2D eigenvalue weighted by atomic mass is 10.2. The zero-order valence-corrected chi connectivity index (χ0v) is 13.3. The van der Waals surface area contributed by atoms with Crippen LogP contribution in [0.2, 0.25) is 0 Å². The number of carbonyl (C=O) groups excluding carboxylic acids is 2. The van der Waals surface area contributed by atoms with Crippen LogP contribution in [0.3, 0.4) is 0 Å². The van der Waals surface area contributed by atoms with Gasteiger partial charge in [0.05, 0.1) is 19.3 Å². The third-order valence-electron chi connectivity index (χ3n) is 2.94. The molecule has 0 aliphatic heterocycles. The maximum Gasteiger partial charge on any atom is 0.411 e. The van der Waals surface area contributed by atoms with E-state index in [4.69, 9.17) is 14.6 Å². The van der Waals surface area contributed by atoms with Gasteiger partial charge in [-0.15, -0.1) is 0 Å². The second-order valence-electron chi connectivity index (χ2n) is 4.72. The highest BCUT2D eigenvalue weighted by Crippen LogP contribution is 2.15. The van der Waals surface area contributed by atoms with Crippen molar-refractivity contribution in [3.63, 3.8) is 0 Å². The molecular weight excluding hydrogens is 302 g/mol. The van der Waals surface area contributed by atoms with Gasteiger partial charge in [-0.2, -0.15) is 0 Å². The van der Waals surface area contributed by atoms with E-state index in [1.54, 1.807) is 24.3 Å². The van der Waals surface area contributed by atoms with Gasteiger partial charge in [-0.25, -0.2) is 9.59 Å². The molecule has 3 amide bonds. The Labute approximate surface area is 135 Å². The number of rotatable bonds is 8. The summed E-state index contributed by atoms with van der Waals surface area (Å²) in [6.07, 6.45) is 0.0220. The molecule has 1 aromatic rings. The van der Waals surface area contributed by atoms with Gasteiger partial charge in [0.2, 0.25) is 0 Å². The van der Waals surface area contributed by atoms with Gasteiger partial charge in [-0.05, 0) is 24.6 Å². The summed E-state index contributed by atoms with van der Waals surface area (Å²) in [6.45, 7) is 2.21. The minimum atomic E-state index is -0.602. The normalized spacial score (nSPS) is 11.4. The number of nitrogens with one attached hydrogen (secondary N) is 3. The Morgan fingerprint density at radius 3 is 2.52 bits per heavy atom.